The Hall–Kier alpha value is -1.40. The van der Waals surface area contributed by atoms with Gasteiger partial charge in [0.1, 0.15) is 5.01 Å². The smallest absolute Gasteiger partial charge is 0.253 e. The van der Waals surface area contributed by atoms with Crippen LogP contribution in [0.4, 0.5) is 5.69 Å². The minimum Gasteiger partial charge on any atom is -0.398 e. The number of nitrogens with one attached hydrogen (secondary N) is 1. The molecule has 0 aliphatic carbocycles. The standard InChI is InChI=1S/C13H14BrN3OS/c1-7-8(2)19-12(17-7)6-16-13(18)10-5-9(14)3-4-11(10)15/h3-5H,6,15H2,1-2H3,(H,16,18). The van der Waals surface area contributed by atoms with Gasteiger partial charge in [-0.1, -0.05) is 15.9 Å². The lowest BCUT2D eigenvalue weighted by atomic mass is 10.1. The number of nitrogens with zero attached hydrogens (tertiary/aromatic N) is 1. The number of rotatable bonds is 3. The molecule has 1 aromatic heterocycles. The predicted molar refractivity (Wildman–Crippen MR) is 81.3 cm³/mol. The van der Waals surface area contributed by atoms with Gasteiger partial charge in [0.05, 0.1) is 17.8 Å². The van der Waals surface area contributed by atoms with Gasteiger partial charge < -0.3 is 11.1 Å². The molecule has 0 saturated carbocycles. The summed E-state index contributed by atoms with van der Waals surface area (Å²) < 4.78 is 0.827. The number of carbonyl (C=O) groups excluding carboxylic acids is 1. The summed E-state index contributed by atoms with van der Waals surface area (Å²) in [5.41, 5.74) is 7.74. The van der Waals surface area contributed by atoms with Gasteiger partial charge >= 0.3 is 0 Å². The molecule has 3 N–H and O–H groups in total. The highest BCUT2D eigenvalue weighted by atomic mass is 79.9. The molecule has 0 spiro atoms. The summed E-state index contributed by atoms with van der Waals surface area (Å²) >= 11 is 4.92. The number of amides is 1. The fourth-order valence-corrected chi connectivity index (χ4v) is 2.83. The molecule has 1 aromatic carbocycles. The summed E-state index contributed by atoms with van der Waals surface area (Å²) in [6.45, 7) is 4.40. The number of halogens is 1. The molecule has 0 aliphatic heterocycles. The van der Waals surface area contributed by atoms with Crippen LogP contribution in [0.3, 0.4) is 0 Å². The summed E-state index contributed by atoms with van der Waals surface area (Å²) in [7, 11) is 0. The monoisotopic (exact) mass is 339 g/mol. The van der Waals surface area contributed by atoms with Crippen molar-refractivity contribution in [3.05, 3.63) is 43.8 Å². The molecule has 4 nitrogen and oxygen atoms in total. The van der Waals surface area contributed by atoms with E-state index in [4.69, 9.17) is 5.73 Å². The third-order valence-electron chi connectivity index (χ3n) is 2.73. The number of hydrogen-bond donors (Lipinski definition) is 2. The normalized spacial score (nSPS) is 10.5. The minimum absolute atomic E-state index is 0.190. The number of carbonyl (C=O) groups is 1. The van der Waals surface area contributed by atoms with E-state index in [0.29, 0.717) is 17.8 Å². The van der Waals surface area contributed by atoms with Gasteiger partial charge in [-0.2, -0.15) is 0 Å². The average molecular weight is 340 g/mol. The molecular weight excluding hydrogens is 326 g/mol. The van der Waals surface area contributed by atoms with Crippen LogP contribution >= 0.6 is 27.3 Å². The lowest BCUT2D eigenvalue weighted by molar-refractivity contribution is 0.0951. The van der Waals surface area contributed by atoms with E-state index in [-0.39, 0.29) is 5.91 Å². The second-order valence-electron chi connectivity index (χ2n) is 4.16. The Bertz CT molecular complexity index is 605. The molecule has 0 unspecified atom stereocenters. The minimum atomic E-state index is -0.190. The van der Waals surface area contributed by atoms with Gasteiger partial charge in [0.2, 0.25) is 0 Å². The molecule has 0 radical (unpaired) electrons. The summed E-state index contributed by atoms with van der Waals surface area (Å²) in [6, 6.07) is 5.22. The first-order valence-corrected chi connectivity index (χ1v) is 7.34. The Labute approximate surface area is 124 Å². The van der Waals surface area contributed by atoms with Crippen LogP contribution in [0.5, 0.6) is 0 Å². The van der Waals surface area contributed by atoms with Gasteiger partial charge in [-0.25, -0.2) is 4.98 Å². The summed E-state index contributed by atoms with van der Waals surface area (Å²) in [6.07, 6.45) is 0. The number of hydrogen-bond acceptors (Lipinski definition) is 4. The third kappa shape index (κ3) is 3.33. The lowest BCUT2D eigenvalue weighted by Crippen LogP contribution is -2.23. The van der Waals surface area contributed by atoms with Crippen LogP contribution in [0.15, 0.2) is 22.7 Å². The van der Waals surface area contributed by atoms with E-state index in [2.05, 4.69) is 26.2 Å². The van der Waals surface area contributed by atoms with Crippen molar-refractivity contribution in [2.45, 2.75) is 20.4 Å². The molecule has 1 amide bonds. The highest BCUT2D eigenvalue weighted by Gasteiger charge is 2.11. The molecule has 0 atom stereocenters. The maximum Gasteiger partial charge on any atom is 0.253 e. The van der Waals surface area contributed by atoms with Crippen LogP contribution in [-0.2, 0) is 6.54 Å². The van der Waals surface area contributed by atoms with Gasteiger partial charge in [0, 0.05) is 15.0 Å². The second-order valence-corrected chi connectivity index (χ2v) is 6.37. The Morgan fingerprint density at radius 2 is 2.21 bits per heavy atom. The van der Waals surface area contributed by atoms with Crippen molar-refractivity contribution in [2.24, 2.45) is 0 Å². The van der Waals surface area contributed by atoms with E-state index in [9.17, 15) is 4.79 Å². The van der Waals surface area contributed by atoms with Crippen molar-refractivity contribution < 1.29 is 4.79 Å². The quantitative estimate of drug-likeness (QED) is 0.844. The molecule has 100 valence electrons. The Morgan fingerprint density at radius 3 is 2.84 bits per heavy atom. The maximum absolute atomic E-state index is 12.0. The van der Waals surface area contributed by atoms with E-state index < -0.39 is 0 Å². The van der Waals surface area contributed by atoms with Crippen molar-refractivity contribution in [3.63, 3.8) is 0 Å². The van der Waals surface area contributed by atoms with E-state index >= 15 is 0 Å². The van der Waals surface area contributed by atoms with Crippen LogP contribution in [0, 0.1) is 13.8 Å². The number of anilines is 1. The molecule has 0 fully saturated rings. The zero-order chi connectivity index (χ0) is 14.0. The molecular formula is C13H14BrN3OS. The summed E-state index contributed by atoms with van der Waals surface area (Å²) in [4.78, 5) is 17.6. The van der Waals surface area contributed by atoms with Crippen LogP contribution in [-0.4, -0.2) is 10.9 Å². The molecule has 0 saturated heterocycles. The van der Waals surface area contributed by atoms with Crippen molar-refractivity contribution in [1.82, 2.24) is 10.3 Å². The molecule has 0 aliphatic rings. The Balaban J connectivity index is 2.07. The predicted octanol–water partition coefficient (Wildman–Crippen LogP) is 3.03. The number of aromatic nitrogens is 1. The first-order chi connectivity index (χ1) is 8.97. The SMILES string of the molecule is Cc1nc(CNC(=O)c2cc(Br)ccc2N)sc1C. The molecule has 0 bridgehead atoms. The summed E-state index contributed by atoms with van der Waals surface area (Å²) in [5, 5.41) is 3.73. The van der Waals surface area contributed by atoms with Gasteiger partial charge in [0.25, 0.3) is 5.91 Å². The van der Waals surface area contributed by atoms with Gasteiger partial charge in [-0.3, -0.25) is 4.79 Å². The molecule has 6 heteroatoms. The zero-order valence-corrected chi connectivity index (χ0v) is 13.1. The maximum atomic E-state index is 12.0. The van der Waals surface area contributed by atoms with Crippen LogP contribution in [0.2, 0.25) is 0 Å². The van der Waals surface area contributed by atoms with E-state index in [1.54, 1.807) is 29.5 Å². The lowest BCUT2D eigenvalue weighted by Gasteiger charge is -2.06. The molecule has 2 aromatic rings. The number of benzene rings is 1. The molecule has 19 heavy (non-hydrogen) atoms. The number of thiazole rings is 1. The van der Waals surface area contributed by atoms with Crippen molar-refractivity contribution >= 4 is 38.9 Å². The van der Waals surface area contributed by atoms with E-state index in [1.807, 2.05) is 13.8 Å². The topological polar surface area (TPSA) is 68.0 Å². The zero-order valence-electron chi connectivity index (χ0n) is 10.7. The highest BCUT2D eigenvalue weighted by Crippen LogP contribution is 2.19. The number of aryl methyl sites for hydroxylation is 2. The van der Waals surface area contributed by atoms with Gasteiger partial charge in [-0.15, -0.1) is 11.3 Å². The van der Waals surface area contributed by atoms with Crippen molar-refractivity contribution in [3.8, 4) is 0 Å². The fraction of sp³-hybridized carbons (Fsp3) is 0.231. The number of nitrogens with two attached hydrogens (primary N) is 1. The van der Waals surface area contributed by atoms with Crippen molar-refractivity contribution in [1.29, 1.82) is 0 Å². The van der Waals surface area contributed by atoms with Gasteiger partial charge in [0.15, 0.2) is 0 Å². The molecule has 2 rings (SSSR count). The van der Waals surface area contributed by atoms with Crippen molar-refractivity contribution in [2.75, 3.05) is 5.73 Å². The van der Waals surface area contributed by atoms with Crippen LogP contribution in [0.1, 0.15) is 25.9 Å². The molecule has 1 heterocycles. The largest absolute Gasteiger partial charge is 0.398 e. The summed E-state index contributed by atoms with van der Waals surface area (Å²) in [5.74, 6) is -0.190. The van der Waals surface area contributed by atoms with E-state index in [0.717, 1.165) is 15.2 Å². The second kappa shape index (κ2) is 5.71. The van der Waals surface area contributed by atoms with E-state index in [1.165, 1.54) is 4.88 Å². The Kier molecular flexibility index (Phi) is 4.21. The fourth-order valence-electron chi connectivity index (χ4n) is 1.59. The number of nitrogen functional groups attached to an aromatic ring is 1. The third-order valence-corrected chi connectivity index (χ3v) is 4.30. The van der Waals surface area contributed by atoms with Crippen LogP contribution < -0.4 is 11.1 Å². The average Bonchev–Trinajstić information content (AvgIpc) is 2.69. The van der Waals surface area contributed by atoms with Gasteiger partial charge in [-0.05, 0) is 32.0 Å². The Morgan fingerprint density at radius 1 is 1.47 bits per heavy atom. The highest BCUT2D eigenvalue weighted by molar-refractivity contribution is 9.10. The van der Waals surface area contributed by atoms with Crippen LogP contribution in [0.25, 0.3) is 0 Å². The first-order valence-electron chi connectivity index (χ1n) is 5.73. The first kappa shape index (κ1) is 14.0.